The summed E-state index contributed by atoms with van der Waals surface area (Å²) in [5, 5.41) is 0.833. The fourth-order valence-corrected chi connectivity index (χ4v) is 2.32. The van der Waals surface area contributed by atoms with Crippen LogP contribution in [0, 0.1) is 0 Å². The van der Waals surface area contributed by atoms with Crippen LogP contribution in [0.1, 0.15) is 13.8 Å². The molecule has 0 saturated carbocycles. The van der Waals surface area contributed by atoms with E-state index in [4.69, 9.17) is 4.74 Å². The quantitative estimate of drug-likeness (QED) is 0.778. The van der Waals surface area contributed by atoms with Crippen molar-refractivity contribution in [1.82, 2.24) is 9.97 Å². The molecule has 5 heteroatoms. The molecule has 1 fully saturated rings. The SMILES string of the molecule is CC1(C)CN(c2ncccn2)CC(CBr)O1. The predicted octanol–water partition coefficient (Wildman–Crippen LogP) is 1.86. The van der Waals surface area contributed by atoms with Crippen LogP contribution in [0.15, 0.2) is 18.5 Å². The summed E-state index contributed by atoms with van der Waals surface area (Å²) >= 11 is 3.47. The van der Waals surface area contributed by atoms with E-state index in [1.54, 1.807) is 12.4 Å². The van der Waals surface area contributed by atoms with Crippen molar-refractivity contribution >= 4 is 21.9 Å². The second kappa shape index (κ2) is 4.67. The van der Waals surface area contributed by atoms with Gasteiger partial charge in [0.1, 0.15) is 0 Å². The molecule has 2 heterocycles. The number of alkyl halides is 1. The van der Waals surface area contributed by atoms with Crippen LogP contribution in [-0.2, 0) is 4.74 Å². The Morgan fingerprint density at radius 3 is 2.81 bits per heavy atom. The summed E-state index contributed by atoms with van der Waals surface area (Å²) in [7, 11) is 0. The summed E-state index contributed by atoms with van der Waals surface area (Å²) in [6, 6.07) is 1.83. The van der Waals surface area contributed by atoms with E-state index >= 15 is 0 Å². The van der Waals surface area contributed by atoms with E-state index in [-0.39, 0.29) is 11.7 Å². The zero-order valence-corrected chi connectivity index (χ0v) is 11.1. The van der Waals surface area contributed by atoms with Crippen LogP contribution in [0.5, 0.6) is 0 Å². The third kappa shape index (κ3) is 2.71. The van der Waals surface area contributed by atoms with E-state index in [0.717, 1.165) is 24.4 Å². The Hall–Kier alpha value is -0.680. The number of anilines is 1. The van der Waals surface area contributed by atoms with Crippen LogP contribution in [0.2, 0.25) is 0 Å². The van der Waals surface area contributed by atoms with Gasteiger partial charge in [0, 0.05) is 30.8 Å². The second-order valence-corrected chi connectivity index (χ2v) is 5.23. The summed E-state index contributed by atoms with van der Waals surface area (Å²) in [5.41, 5.74) is -0.157. The molecule has 1 aliphatic heterocycles. The zero-order chi connectivity index (χ0) is 11.6. The maximum absolute atomic E-state index is 5.93. The lowest BCUT2D eigenvalue weighted by Crippen LogP contribution is -2.53. The second-order valence-electron chi connectivity index (χ2n) is 4.58. The number of hydrogen-bond acceptors (Lipinski definition) is 4. The highest BCUT2D eigenvalue weighted by Gasteiger charge is 2.33. The fourth-order valence-electron chi connectivity index (χ4n) is 1.98. The van der Waals surface area contributed by atoms with E-state index in [9.17, 15) is 0 Å². The minimum Gasteiger partial charge on any atom is -0.368 e. The maximum atomic E-state index is 5.93. The molecule has 0 N–H and O–H groups in total. The normalized spacial score (nSPS) is 24.4. The lowest BCUT2D eigenvalue weighted by molar-refractivity contribution is -0.0728. The highest BCUT2D eigenvalue weighted by atomic mass is 79.9. The van der Waals surface area contributed by atoms with Crippen molar-refractivity contribution < 1.29 is 4.74 Å². The third-order valence-electron chi connectivity index (χ3n) is 2.49. The molecule has 1 aliphatic rings. The first-order chi connectivity index (χ1) is 7.61. The van der Waals surface area contributed by atoms with Gasteiger partial charge in [0.05, 0.1) is 11.7 Å². The predicted molar refractivity (Wildman–Crippen MR) is 67.0 cm³/mol. The first kappa shape index (κ1) is 11.8. The molecule has 4 nitrogen and oxygen atoms in total. The molecular weight excluding hydrogens is 270 g/mol. The molecule has 0 amide bonds. The van der Waals surface area contributed by atoms with Crippen molar-refractivity contribution in [2.75, 3.05) is 23.3 Å². The topological polar surface area (TPSA) is 38.2 Å². The van der Waals surface area contributed by atoms with Crippen LogP contribution in [0.4, 0.5) is 5.95 Å². The molecule has 1 aromatic heterocycles. The first-order valence-corrected chi connectivity index (χ1v) is 6.48. The zero-order valence-electron chi connectivity index (χ0n) is 9.56. The average Bonchev–Trinajstić information content (AvgIpc) is 2.28. The van der Waals surface area contributed by atoms with Gasteiger partial charge in [-0.05, 0) is 19.9 Å². The number of ether oxygens (including phenoxy) is 1. The summed E-state index contributed by atoms with van der Waals surface area (Å²) < 4.78 is 5.93. The lowest BCUT2D eigenvalue weighted by atomic mass is 10.1. The number of nitrogens with zero attached hydrogens (tertiary/aromatic N) is 3. The van der Waals surface area contributed by atoms with E-state index in [1.807, 2.05) is 6.07 Å². The van der Waals surface area contributed by atoms with Crippen molar-refractivity contribution in [2.24, 2.45) is 0 Å². The van der Waals surface area contributed by atoms with Gasteiger partial charge in [-0.1, -0.05) is 15.9 Å². The molecule has 0 aliphatic carbocycles. The number of aromatic nitrogens is 2. The van der Waals surface area contributed by atoms with Crippen molar-refractivity contribution in [1.29, 1.82) is 0 Å². The van der Waals surface area contributed by atoms with Crippen LogP contribution >= 0.6 is 15.9 Å². The molecule has 0 bridgehead atoms. The Kier molecular flexibility index (Phi) is 3.44. The summed E-state index contributed by atoms with van der Waals surface area (Å²) in [6.45, 7) is 5.84. The molecule has 0 aromatic carbocycles. The van der Waals surface area contributed by atoms with E-state index in [0.29, 0.717) is 0 Å². The Bertz CT molecular complexity index is 344. The van der Waals surface area contributed by atoms with Gasteiger partial charge < -0.3 is 9.64 Å². The van der Waals surface area contributed by atoms with Crippen LogP contribution in [0.3, 0.4) is 0 Å². The van der Waals surface area contributed by atoms with Crippen molar-refractivity contribution in [2.45, 2.75) is 25.6 Å². The minimum absolute atomic E-state index is 0.157. The Labute approximate surface area is 104 Å². The fraction of sp³-hybridized carbons (Fsp3) is 0.636. The highest BCUT2D eigenvalue weighted by molar-refractivity contribution is 9.09. The van der Waals surface area contributed by atoms with Gasteiger partial charge in [-0.15, -0.1) is 0 Å². The molecule has 0 spiro atoms. The number of rotatable bonds is 2. The molecule has 1 atom stereocenters. The Morgan fingerprint density at radius 2 is 2.19 bits per heavy atom. The summed E-state index contributed by atoms with van der Waals surface area (Å²) in [4.78, 5) is 10.7. The van der Waals surface area contributed by atoms with Crippen molar-refractivity contribution in [3.05, 3.63) is 18.5 Å². The van der Waals surface area contributed by atoms with Gasteiger partial charge in [-0.25, -0.2) is 9.97 Å². The minimum atomic E-state index is -0.157. The van der Waals surface area contributed by atoms with Gasteiger partial charge in [0.2, 0.25) is 5.95 Å². The lowest BCUT2D eigenvalue weighted by Gasteiger charge is -2.42. The van der Waals surface area contributed by atoms with Crippen molar-refractivity contribution in [3.8, 4) is 0 Å². The van der Waals surface area contributed by atoms with Crippen LogP contribution in [-0.4, -0.2) is 40.1 Å². The largest absolute Gasteiger partial charge is 0.368 e. The van der Waals surface area contributed by atoms with Gasteiger partial charge >= 0.3 is 0 Å². The summed E-state index contributed by atoms with van der Waals surface area (Å²) in [5.74, 6) is 0.782. The van der Waals surface area contributed by atoms with Crippen LogP contribution < -0.4 is 4.90 Å². The maximum Gasteiger partial charge on any atom is 0.225 e. The van der Waals surface area contributed by atoms with E-state index in [1.165, 1.54) is 0 Å². The Morgan fingerprint density at radius 1 is 1.50 bits per heavy atom. The smallest absolute Gasteiger partial charge is 0.225 e. The monoisotopic (exact) mass is 285 g/mol. The first-order valence-electron chi connectivity index (χ1n) is 5.36. The summed E-state index contributed by atoms with van der Waals surface area (Å²) in [6.07, 6.45) is 3.73. The third-order valence-corrected chi connectivity index (χ3v) is 3.21. The average molecular weight is 286 g/mol. The molecule has 2 rings (SSSR count). The van der Waals surface area contributed by atoms with E-state index < -0.39 is 0 Å². The molecular formula is C11H16BrN3O. The molecule has 1 unspecified atom stereocenters. The van der Waals surface area contributed by atoms with Gasteiger partial charge in [0.15, 0.2) is 0 Å². The number of morpholine rings is 1. The molecule has 88 valence electrons. The standard InChI is InChI=1S/C11H16BrN3O/c1-11(2)8-15(7-9(6-12)16-11)10-13-4-3-5-14-10/h3-5,9H,6-8H2,1-2H3. The molecule has 1 aromatic rings. The highest BCUT2D eigenvalue weighted by Crippen LogP contribution is 2.24. The Balaban J connectivity index is 2.16. The molecule has 1 saturated heterocycles. The molecule has 0 radical (unpaired) electrons. The number of hydrogen-bond donors (Lipinski definition) is 0. The van der Waals surface area contributed by atoms with Gasteiger partial charge in [-0.3, -0.25) is 0 Å². The van der Waals surface area contributed by atoms with Crippen LogP contribution in [0.25, 0.3) is 0 Å². The van der Waals surface area contributed by atoms with Crippen molar-refractivity contribution in [3.63, 3.8) is 0 Å². The molecule has 16 heavy (non-hydrogen) atoms. The number of halogens is 1. The van der Waals surface area contributed by atoms with E-state index in [2.05, 4.69) is 44.6 Å². The van der Waals surface area contributed by atoms with Gasteiger partial charge in [-0.2, -0.15) is 0 Å². The van der Waals surface area contributed by atoms with Gasteiger partial charge in [0.25, 0.3) is 0 Å².